The summed E-state index contributed by atoms with van der Waals surface area (Å²) in [6.45, 7) is 20.9. The van der Waals surface area contributed by atoms with Crippen molar-refractivity contribution in [1.29, 1.82) is 0 Å². The Labute approximate surface area is 230 Å². The number of pyridine rings is 2. The number of nitrogens with zero attached hydrogens (tertiary/aromatic N) is 3. The van der Waals surface area contributed by atoms with Gasteiger partial charge in [-0.3, -0.25) is 15.1 Å². The van der Waals surface area contributed by atoms with Crippen molar-refractivity contribution in [2.45, 2.75) is 34.1 Å². The molecule has 198 valence electrons. The number of H-pyrrole nitrogens is 2. The Morgan fingerprint density at radius 3 is 2.62 bits per heavy atom. The van der Waals surface area contributed by atoms with Crippen LogP contribution in [0.4, 0.5) is 0 Å². The highest BCUT2D eigenvalue weighted by atomic mass is 15.1. The normalized spacial score (nSPS) is 13.4. The number of rotatable bonds is 10. The van der Waals surface area contributed by atoms with E-state index in [1.165, 1.54) is 0 Å². The molecule has 0 atom stereocenters. The minimum absolute atomic E-state index is 0.518. The fourth-order valence-corrected chi connectivity index (χ4v) is 4.55. The van der Waals surface area contributed by atoms with Gasteiger partial charge in [-0.2, -0.15) is 5.10 Å². The van der Waals surface area contributed by atoms with Gasteiger partial charge in [-0.15, -0.1) is 0 Å². The molecule has 3 N–H and O–H groups in total. The molecule has 0 radical (unpaired) electrons. The second kappa shape index (κ2) is 12.2. The molecule has 4 aromatic heterocycles. The average Bonchev–Trinajstić information content (AvgIpc) is 3.54. The second-order valence-corrected chi connectivity index (χ2v) is 9.81. The summed E-state index contributed by atoms with van der Waals surface area (Å²) < 4.78 is 0. The number of aromatic nitrogens is 5. The maximum Gasteiger partial charge on any atom is 0.116 e. The highest BCUT2D eigenvalue weighted by Gasteiger charge is 2.13. The standard InChI is InChI=1S/C33H36N6/c1-8-24(16-26(9-2)36-23(7)14-21(4)5)22(6)15-28-30(10-3)38-39-33(28)31-17-27-29(19-35-20-32(27)37-31)25-12-11-13-34-18-25/h8-13,15-21,36-38H,2,6-7,14H2,1,3-5H3/b24-8+,26-16+,28-15+,30-10+. The van der Waals surface area contributed by atoms with E-state index in [1.807, 2.05) is 62.8 Å². The molecule has 0 aliphatic heterocycles. The van der Waals surface area contributed by atoms with Gasteiger partial charge in [-0.1, -0.05) is 51.8 Å². The van der Waals surface area contributed by atoms with Crippen LogP contribution >= 0.6 is 0 Å². The molecule has 0 amide bonds. The molecule has 39 heavy (non-hydrogen) atoms. The molecule has 4 heterocycles. The lowest BCUT2D eigenvalue weighted by molar-refractivity contribution is 0.622. The van der Waals surface area contributed by atoms with Crippen LogP contribution in [0.25, 0.3) is 45.6 Å². The molecule has 4 rings (SSSR count). The van der Waals surface area contributed by atoms with Crippen molar-refractivity contribution >= 4 is 23.1 Å². The van der Waals surface area contributed by atoms with E-state index in [-0.39, 0.29) is 0 Å². The molecular formula is C33H36N6. The van der Waals surface area contributed by atoms with Crippen molar-refractivity contribution in [1.82, 2.24) is 30.5 Å². The minimum Gasteiger partial charge on any atom is -0.359 e. The van der Waals surface area contributed by atoms with E-state index in [0.29, 0.717) is 5.92 Å². The highest BCUT2D eigenvalue weighted by molar-refractivity contribution is 5.97. The second-order valence-electron chi connectivity index (χ2n) is 9.81. The van der Waals surface area contributed by atoms with E-state index < -0.39 is 0 Å². The molecule has 0 fully saturated rings. The van der Waals surface area contributed by atoms with Crippen LogP contribution in [0.15, 0.2) is 103 Å². The maximum absolute atomic E-state index is 4.67. The summed E-state index contributed by atoms with van der Waals surface area (Å²) in [7, 11) is 0. The van der Waals surface area contributed by atoms with Gasteiger partial charge < -0.3 is 10.3 Å². The summed E-state index contributed by atoms with van der Waals surface area (Å²) in [5.74, 6) is 0.518. The van der Waals surface area contributed by atoms with Crippen molar-refractivity contribution in [3.05, 3.63) is 114 Å². The largest absolute Gasteiger partial charge is 0.359 e. The van der Waals surface area contributed by atoms with Crippen molar-refractivity contribution in [2.75, 3.05) is 0 Å². The van der Waals surface area contributed by atoms with Crippen LogP contribution in [-0.2, 0) is 0 Å². The van der Waals surface area contributed by atoms with Crippen LogP contribution in [-0.4, -0.2) is 25.1 Å². The Morgan fingerprint density at radius 1 is 1.13 bits per heavy atom. The van der Waals surface area contributed by atoms with Gasteiger partial charge in [-0.05, 0) is 67.7 Å². The van der Waals surface area contributed by atoms with Crippen LogP contribution in [0.3, 0.4) is 0 Å². The van der Waals surface area contributed by atoms with Crippen LogP contribution in [0.5, 0.6) is 0 Å². The van der Waals surface area contributed by atoms with Gasteiger partial charge in [0.15, 0.2) is 0 Å². The first-order chi connectivity index (χ1) is 18.8. The molecule has 0 aliphatic rings. The smallest absolute Gasteiger partial charge is 0.116 e. The number of fused-ring (bicyclic) bond motifs is 1. The maximum atomic E-state index is 4.67. The Balaban J connectivity index is 1.75. The molecule has 6 heteroatoms. The van der Waals surface area contributed by atoms with E-state index >= 15 is 0 Å². The summed E-state index contributed by atoms with van der Waals surface area (Å²) in [4.78, 5) is 12.2. The summed E-state index contributed by atoms with van der Waals surface area (Å²) in [6.07, 6.45) is 18.2. The highest BCUT2D eigenvalue weighted by Crippen LogP contribution is 2.30. The fraction of sp³-hybridized carbons (Fsp3) is 0.182. The predicted octanol–water partition coefficient (Wildman–Crippen LogP) is 6.32. The molecule has 0 bridgehead atoms. The molecule has 0 saturated heterocycles. The Bertz CT molecular complexity index is 1690. The van der Waals surface area contributed by atoms with E-state index in [0.717, 1.165) is 72.9 Å². The van der Waals surface area contributed by atoms with Gasteiger partial charge in [0.1, 0.15) is 5.69 Å². The number of aromatic amines is 2. The third-order valence-electron chi connectivity index (χ3n) is 6.40. The number of hydrogen-bond acceptors (Lipinski definition) is 4. The van der Waals surface area contributed by atoms with Crippen molar-refractivity contribution in [3.8, 4) is 22.5 Å². The monoisotopic (exact) mass is 516 g/mol. The molecule has 4 aromatic rings. The average molecular weight is 517 g/mol. The number of allylic oxidation sites excluding steroid dienone is 6. The van der Waals surface area contributed by atoms with Crippen LogP contribution in [0.2, 0.25) is 0 Å². The van der Waals surface area contributed by atoms with Crippen molar-refractivity contribution in [2.24, 2.45) is 5.92 Å². The number of nitrogens with one attached hydrogen (secondary N) is 3. The first-order valence-corrected chi connectivity index (χ1v) is 13.1. The molecule has 0 unspecified atom stereocenters. The summed E-state index contributed by atoms with van der Waals surface area (Å²) >= 11 is 0. The summed E-state index contributed by atoms with van der Waals surface area (Å²) in [5.41, 5.74) is 8.33. The van der Waals surface area contributed by atoms with Crippen molar-refractivity contribution < 1.29 is 0 Å². The topological polar surface area (TPSA) is 82.3 Å². The first kappa shape index (κ1) is 27.3. The third-order valence-corrected chi connectivity index (χ3v) is 6.40. The lowest BCUT2D eigenvalue weighted by atomic mass is 10.0. The minimum atomic E-state index is 0.518. The van der Waals surface area contributed by atoms with Crippen LogP contribution in [0, 0.1) is 5.92 Å². The molecule has 0 saturated carbocycles. The Hall–Kier alpha value is -4.71. The molecule has 0 aromatic carbocycles. The Morgan fingerprint density at radius 2 is 1.95 bits per heavy atom. The number of hydrogen-bond donors (Lipinski definition) is 3. The van der Waals surface area contributed by atoms with Gasteiger partial charge in [0, 0.05) is 51.7 Å². The summed E-state index contributed by atoms with van der Waals surface area (Å²) in [5, 5.41) is 14.2. The van der Waals surface area contributed by atoms with E-state index in [4.69, 9.17) is 0 Å². The first-order valence-electron chi connectivity index (χ1n) is 13.1. The van der Waals surface area contributed by atoms with Gasteiger partial charge in [0.2, 0.25) is 0 Å². The molecule has 0 aliphatic carbocycles. The lowest BCUT2D eigenvalue weighted by Gasteiger charge is -2.13. The zero-order chi connectivity index (χ0) is 27.9. The molecular weight excluding hydrogens is 480 g/mol. The SMILES string of the molecule is C=C/C(=C\C(=C/C)C(=C)/C=c1/c(-c2cc3c(-c4cccnc4)cncc3[nH]2)n[nH]/c1=C/C)NC(=C)CC(C)C. The zero-order valence-electron chi connectivity index (χ0n) is 23.2. The van der Waals surface area contributed by atoms with Crippen LogP contribution in [0.1, 0.15) is 34.1 Å². The van der Waals surface area contributed by atoms with Gasteiger partial charge in [-0.25, -0.2) is 0 Å². The van der Waals surface area contributed by atoms with Gasteiger partial charge >= 0.3 is 0 Å². The van der Waals surface area contributed by atoms with Crippen LogP contribution < -0.4 is 15.9 Å². The quantitative estimate of drug-likeness (QED) is 0.216. The molecule has 6 nitrogen and oxygen atoms in total. The van der Waals surface area contributed by atoms with Gasteiger partial charge in [0.05, 0.1) is 22.8 Å². The fourth-order valence-electron chi connectivity index (χ4n) is 4.55. The zero-order valence-corrected chi connectivity index (χ0v) is 23.2. The predicted molar refractivity (Wildman–Crippen MR) is 164 cm³/mol. The molecule has 0 spiro atoms. The Kier molecular flexibility index (Phi) is 8.56. The third kappa shape index (κ3) is 6.24. The van der Waals surface area contributed by atoms with E-state index in [9.17, 15) is 0 Å². The summed E-state index contributed by atoms with van der Waals surface area (Å²) in [6, 6.07) is 6.08. The van der Waals surface area contributed by atoms with Gasteiger partial charge in [0.25, 0.3) is 0 Å². The lowest BCUT2D eigenvalue weighted by Crippen LogP contribution is -2.23. The van der Waals surface area contributed by atoms with E-state index in [2.05, 4.69) is 76.2 Å². The van der Waals surface area contributed by atoms with E-state index in [1.54, 1.807) is 12.3 Å². The van der Waals surface area contributed by atoms with Crippen molar-refractivity contribution in [3.63, 3.8) is 0 Å².